The molecule has 0 spiro atoms. The minimum atomic E-state index is -0.886. The molecule has 1 aromatic rings. The highest BCUT2D eigenvalue weighted by Crippen LogP contribution is 2.52. The number of esters is 1. The lowest BCUT2D eigenvalue weighted by Crippen LogP contribution is -2.52. The van der Waals surface area contributed by atoms with E-state index in [0.29, 0.717) is 56.1 Å². The van der Waals surface area contributed by atoms with Gasteiger partial charge in [-0.2, -0.15) is 11.8 Å². The van der Waals surface area contributed by atoms with Crippen LogP contribution < -0.4 is 9.47 Å². The number of ether oxygens (including phenoxy) is 3. The van der Waals surface area contributed by atoms with Gasteiger partial charge in [0.15, 0.2) is 11.5 Å². The van der Waals surface area contributed by atoms with Crippen molar-refractivity contribution >= 4 is 29.5 Å². The van der Waals surface area contributed by atoms with Gasteiger partial charge in [0.05, 0.1) is 13.2 Å². The number of amides is 2. The van der Waals surface area contributed by atoms with E-state index in [2.05, 4.69) is 0 Å². The third-order valence-electron chi connectivity index (χ3n) is 7.13. The summed E-state index contributed by atoms with van der Waals surface area (Å²) in [6.45, 7) is 3.96. The van der Waals surface area contributed by atoms with Crippen LogP contribution in [0.2, 0.25) is 0 Å². The lowest BCUT2D eigenvalue weighted by atomic mass is 9.71. The van der Waals surface area contributed by atoms with Gasteiger partial charge in [0, 0.05) is 42.6 Å². The molecule has 1 aliphatic carbocycles. The summed E-state index contributed by atoms with van der Waals surface area (Å²) in [6, 6.07) is 5.61. The summed E-state index contributed by atoms with van der Waals surface area (Å²) >= 11 is 1.84. The first-order chi connectivity index (χ1) is 16.5. The van der Waals surface area contributed by atoms with E-state index in [0.717, 1.165) is 17.1 Å². The number of allylic oxidation sites excluding steroid dienone is 1. The highest BCUT2D eigenvalue weighted by molar-refractivity contribution is 7.99. The topological polar surface area (TPSA) is 85.4 Å². The van der Waals surface area contributed by atoms with E-state index >= 15 is 0 Å². The predicted octanol–water partition coefficient (Wildman–Crippen LogP) is 2.96. The van der Waals surface area contributed by atoms with Crippen LogP contribution in [0.15, 0.2) is 30.0 Å². The molecule has 5 rings (SSSR count). The molecule has 3 aliphatic heterocycles. The Hall–Kier alpha value is -2.68. The van der Waals surface area contributed by atoms with Crippen LogP contribution in [0.5, 0.6) is 11.5 Å². The summed E-state index contributed by atoms with van der Waals surface area (Å²) in [5, 5.41) is 0. The highest BCUT2D eigenvalue weighted by Gasteiger charge is 2.55. The first-order valence-corrected chi connectivity index (χ1v) is 13.1. The number of likely N-dealkylation sites (tertiary alicyclic amines) is 1. The molecule has 2 amide bonds. The molecule has 8 nitrogen and oxygen atoms in total. The van der Waals surface area contributed by atoms with Gasteiger partial charge in [-0.25, -0.2) is 0 Å². The van der Waals surface area contributed by atoms with Gasteiger partial charge in [-0.3, -0.25) is 14.4 Å². The monoisotopic (exact) mass is 486 g/mol. The molecule has 0 saturated carbocycles. The Kier molecular flexibility index (Phi) is 6.46. The molecule has 182 valence electrons. The van der Waals surface area contributed by atoms with E-state index in [-0.39, 0.29) is 37.6 Å². The summed E-state index contributed by atoms with van der Waals surface area (Å²) in [4.78, 5) is 43.6. The van der Waals surface area contributed by atoms with Crippen molar-refractivity contribution < 1.29 is 28.6 Å². The van der Waals surface area contributed by atoms with Gasteiger partial charge in [0.1, 0.15) is 5.41 Å². The third kappa shape index (κ3) is 4.15. The SMILES string of the molecule is CCOC(=O)[C@]12CCC=C1N(Cc1ccc3c(c1)OCO3)C(=O)[C@H](CC(=O)N1CCSCC1)C2. The molecule has 0 bridgehead atoms. The Bertz CT molecular complexity index is 1020. The van der Waals surface area contributed by atoms with Gasteiger partial charge in [-0.15, -0.1) is 0 Å². The zero-order valence-corrected chi connectivity index (χ0v) is 20.2. The van der Waals surface area contributed by atoms with Crippen molar-refractivity contribution in [1.29, 1.82) is 0 Å². The van der Waals surface area contributed by atoms with Crippen molar-refractivity contribution in [1.82, 2.24) is 9.80 Å². The maximum atomic E-state index is 13.7. The van der Waals surface area contributed by atoms with Crippen molar-refractivity contribution in [2.45, 2.75) is 39.2 Å². The molecule has 0 radical (unpaired) electrons. The van der Waals surface area contributed by atoms with Crippen molar-refractivity contribution in [3.05, 3.63) is 35.5 Å². The number of benzene rings is 1. The fraction of sp³-hybridized carbons (Fsp3) is 0.560. The van der Waals surface area contributed by atoms with Crippen molar-refractivity contribution in [2.24, 2.45) is 11.3 Å². The van der Waals surface area contributed by atoms with Crippen LogP contribution in [0.3, 0.4) is 0 Å². The maximum absolute atomic E-state index is 13.7. The third-order valence-corrected chi connectivity index (χ3v) is 8.07. The van der Waals surface area contributed by atoms with Gasteiger partial charge in [-0.1, -0.05) is 12.1 Å². The predicted molar refractivity (Wildman–Crippen MR) is 126 cm³/mol. The van der Waals surface area contributed by atoms with Crippen LogP contribution in [0, 0.1) is 11.3 Å². The molecule has 0 N–H and O–H groups in total. The zero-order valence-electron chi connectivity index (χ0n) is 19.4. The van der Waals surface area contributed by atoms with E-state index in [1.54, 1.807) is 11.8 Å². The minimum Gasteiger partial charge on any atom is -0.465 e. The van der Waals surface area contributed by atoms with E-state index < -0.39 is 11.3 Å². The fourth-order valence-electron chi connectivity index (χ4n) is 5.46. The number of thioether (sulfide) groups is 1. The van der Waals surface area contributed by atoms with E-state index in [1.807, 2.05) is 40.9 Å². The summed E-state index contributed by atoms with van der Waals surface area (Å²) < 4.78 is 16.4. The number of hydrogen-bond donors (Lipinski definition) is 0. The number of nitrogens with zero attached hydrogens (tertiary/aromatic N) is 2. The number of hydrogen-bond acceptors (Lipinski definition) is 7. The Balaban J connectivity index is 1.44. The Morgan fingerprint density at radius 1 is 1.21 bits per heavy atom. The summed E-state index contributed by atoms with van der Waals surface area (Å²) in [5.41, 5.74) is 0.707. The van der Waals surface area contributed by atoms with E-state index in [9.17, 15) is 14.4 Å². The normalized spacial score (nSPS) is 25.7. The number of carbonyl (C=O) groups excluding carboxylic acids is 3. The quantitative estimate of drug-likeness (QED) is 0.572. The van der Waals surface area contributed by atoms with Gasteiger partial charge in [-0.05, 0) is 43.9 Å². The molecule has 1 aromatic carbocycles. The average molecular weight is 487 g/mol. The molecular formula is C25H30N2O6S. The van der Waals surface area contributed by atoms with Crippen LogP contribution in [0.1, 0.15) is 38.2 Å². The molecule has 2 saturated heterocycles. The number of carbonyl (C=O) groups is 3. The molecule has 0 unspecified atom stereocenters. The molecule has 2 fully saturated rings. The van der Waals surface area contributed by atoms with Crippen LogP contribution >= 0.6 is 11.8 Å². The smallest absolute Gasteiger partial charge is 0.318 e. The number of fused-ring (bicyclic) bond motifs is 2. The average Bonchev–Trinajstić information content (AvgIpc) is 3.49. The molecule has 4 aliphatic rings. The fourth-order valence-corrected chi connectivity index (χ4v) is 6.36. The van der Waals surface area contributed by atoms with Crippen LogP contribution in [0.4, 0.5) is 0 Å². The van der Waals surface area contributed by atoms with Gasteiger partial charge in [0.2, 0.25) is 18.6 Å². The Morgan fingerprint density at radius 2 is 2.00 bits per heavy atom. The van der Waals surface area contributed by atoms with E-state index in [4.69, 9.17) is 14.2 Å². The second-order valence-electron chi connectivity index (χ2n) is 9.14. The van der Waals surface area contributed by atoms with E-state index in [1.165, 1.54) is 0 Å². The molecule has 9 heteroatoms. The zero-order chi connectivity index (χ0) is 23.7. The second-order valence-corrected chi connectivity index (χ2v) is 10.4. The first-order valence-electron chi connectivity index (χ1n) is 11.9. The molecule has 34 heavy (non-hydrogen) atoms. The standard InChI is InChI=1S/C25H30N2O6S/c1-2-31-24(30)25-7-3-4-21(25)27(15-17-5-6-19-20(12-17)33-16-32-19)23(29)18(14-25)13-22(28)26-8-10-34-11-9-26/h4-6,12,18H,2-3,7-11,13-16H2,1H3/t18-,25+/m1/s1. The van der Waals surface area contributed by atoms with Crippen LogP contribution in [-0.4, -0.2) is 65.6 Å². The molecule has 0 aromatic heterocycles. The van der Waals surface area contributed by atoms with Crippen LogP contribution in [0.25, 0.3) is 0 Å². The lowest BCUT2D eigenvalue weighted by Gasteiger charge is -2.44. The first kappa shape index (κ1) is 23.1. The summed E-state index contributed by atoms with van der Waals surface area (Å²) in [5.74, 6) is 2.19. The second kappa shape index (κ2) is 9.52. The number of rotatable bonds is 6. The molecule has 3 heterocycles. The van der Waals surface area contributed by atoms with Crippen molar-refractivity contribution in [2.75, 3.05) is 38.0 Å². The van der Waals surface area contributed by atoms with Gasteiger partial charge < -0.3 is 24.0 Å². The highest BCUT2D eigenvalue weighted by atomic mass is 32.2. The Morgan fingerprint density at radius 3 is 2.79 bits per heavy atom. The Labute approximate surface area is 203 Å². The summed E-state index contributed by atoms with van der Waals surface area (Å²) in [7, 11) is 0. The van der Waals surface area contributed by atoms with Gasteiger partial charge in [0.25, 0.3) is 0 Å². The summed E-state index contributed by atoms with van der Waals surface area (Å²) in [6.07, 6.45) is 3.72. The lowest BCUT2D eigenvalue weighted by molar-refractivity contribution is -0.161. The number of piperidine rings is 1. The molecular weight excluding hydrogens is 456 g/mol. The van der Waals surface area contributed by atoms with Crippen LogP contribution in [-0.2, 0) is 25.7 Å². The van der Waals surface area contributed by atoms with Crippen molar-refractivity contribution in [3.63, 3.8) is 0 Å². The van der Waals surface area contributed by atoms with Crippen molar-refractivity contribution in [3.8, 4) is 11.5 Å². The molecule has 2 atom stereocenters. The van der Waals surface area contributed by atoms with Gasteiger partial charge >= 0.3 is 5.97 Å². The largest absolute Gasteiger partial charge is 0.465 e. The maximum Gasteiger partial charge on any atom is 0.318 e. The minimum absolute atomic E-state index is 0.00823.